The molecular formula is C16H25NO. The molecule has 1 N–H and O–H groups in total. The van der Waals surface area contributed by atoms with Crippen LogP contribution in [0.15, 0.2) is 43.0 Å². The molecule has 0 spiro atoms. The Morgan fingerprint density at radius 3 is 2.72 bits per heavy atom. The minimum absolute atomic E-state index is 0.537. The molecule has 2 heteroatoms. The van der Waals surface area contributed by atoms with Crippen LogP contribution in [0.3, 0.4) is 0 Å². The van der Waals surface area contributed by atoms with Gasteiger partial charge < -0.3 is 10.1 Å². The standard InChI is InChI=1S/C16H25NO/c1-3-5-12-18-13-11-17-16(4-2)14-15-9-7-6-8-10-15/h3,6-10,16-17H,1,4-5,11-14H2,2H3. The molecule has 1 unspecified atom stereocenters. The summed E-state index contributed by atoms with van der Waals surface area (Å²) in [7, 11) is 0. The van der Waals surface area contributed by atoms with Crippen molar-refractivity contribution in [2.45, 2.75) is 32.2 Å². The zero-order chi connectivity index (χ0) is 13.1. The summed E-state index contributed by atoms with van der Waals surface area (Å²) in [5, 5.41) is 3.54. The Hall–Kier alpha value is -1.12. The van der Waals surface area contributed by atoms with E-state index in [1.54, 1.807) is 0 Å². The zero-order valence-corrected chi connectivity index (χ0v) is 11.4. The summed E-state index contributed by atoms with van der Waals surface area (Å²) in [5.41, 5.74) is 1.39. The molecular weight excluding hydrogens is 222 g/mol. The Bertz CT molecular complexity index is 310. The Kier molecular flexibility index (Phi) is 8.19. The maximum atomic E-state index is 5.49. The third kappa shape index (κ3) is 6.58. The van der Waals surface area contributed by atoms with Gasteiger partial charge in [0.05, 0.1) is 13.2 Å². The van der Waals surface area contributed by atoms with Crippen LogP contribution < -0.4 is 5.32 Å². The highest BCUT2D eigenvalue weighted by molar-refractivity contribution is 5.15. The van der Waals surface area contributed by atoms with Gasteiger partial charge in [0.1, 0.15) is 0 Å². The molecule has 0 saturated heterocycles. The monoisotopic (exact) mass is 247 g/mol. The Labute approximate surface area is 111 Å². The quantitative estimate of drug-likeness (QED) is 0.506. The van der Waals surface area contributed by atoms with E-state index in [4.69, 9.17) is 4.74 Å². The van der Waals surface area contributed by atoms with Crippen molar-refractivity contribution >= 4 is 0 Å². The van der Waals surface area contributed by atoms with E-state index in [9.17, 15) is 0 Å². The molecule has 0 fully saturated rings. The molecule has 1 rings (SSSR count). The van der Waals surface area contributed by atoms with Crippen molar-refractivity contribution in [1.82, 2.24) is 5.32 Å². The molecule has 0 radical (unpaired) electrons. The van der Waals surface area contributed by atoms with Gasteiger partial charge in [-0.25, -0.2) is 0 Å². The predicted molar refractivity (Wildman–Crippen MR) is 77.9 cm³/mol. The van der Waals surface area contributed by atoms with Gasteiger partial charge in [0.2, 0.25) is 0 Å². The predicted octanol–water partition coefficient (Wildman–Crippen LogP) is 3.19. The summed E-state index contributed by atoms with van der Waals surface area (Å²) in [4.78, 5) is 0. The number of benzene rings is 1. The van der Waals surface area contributed by atoms with Crippen molar-refractivity contribution in [3.8, 4) is 0 Å². The topological polar surface area (TPSA) is 21.3 Å². The molecule has 0 aliphatic heterocycles. The summed E-state index contributed by atoms with van der Waals surface area (Å²) in [6.45, 7) is 8.37. The molecule has 1 aromatic rings. The van der Waals surface area contributed by atoms with Crippen molar-refractivity contribution in [3.05, 3.63) is 48.6 Å². The lowest BCUT2D eigenvalue weighted by Gasteiger charge is -2.17. The average Bonchev–Trinajstić information content (AvgIpc) is 2.42. The highest BCUT2D eigenvalue weighted by Crippen LogP contribution is 2.05. The van der Waals surface area contributed by atoms with Crippen LogP contribution in [0, 0.1) is 0 Å². The second-order valence-electron chi connectivity index (χ2n) is 4.44. The Morgan fingerprint density at radius 1 is 1.28 bits per heavy atom. The van der Waals surface area contributed by atoms with Gasteiger partial charge in [-0.2, -0.15) is 0 Å². The van der Waals surface area contributed by atoms with E-state index < -0.39 is 0 Å². The minimum atomic E-state index is 0.537. The largest absolute Gasteiger partial charge is 0.380 e. The van der Waals surface area contributed by atoms with Gasteiger partial charge in [0.25, 0.3) is 0 Å². The van der Waals surface area contributed by atoms with E-state index in [2.05, 4.69) is 49.2 Å². The van der Waals surface area contributed by atoms with Crippen LogP contribution in [-0.2, 0) is 11.2 Å². The molecule has 1 aromatic carbocycles. The second-order valence-corrected chi connectivity index (χ2v) is 4.44. The van der Waals surface area contributed by atoms with Crippen LogP contribution in [0.2, 0.25) is 0 Å². The normalized spacial score (nSPS) is 12.3. The van der Waals surface area contributed by atoms with Gasteiger partial charge >= 0.3 is 0 Å². The van der Waals surface area contributed by atoms with Crippen LogP contribution in [-0.4, -0.2) is 25.8 Å². The first-order valence-corrected chi connectivity index (χ1v) is 6.82. The molecule has 0 aliphatic rings. The van der Waals surface area contributed by atoms with Crippen LogP contribution in [0.5, 0.6) is 0 Å². The van der Waals surface area contributed by atoms with Crippen molar-refractivity contribution in [2.24, 2.45) is 0 Å². The SMILES string of the molecule is C=CCCOCCNC(CC)Cc1ccccc1. The molecule has 0 amide bonds. The third-order valence-corrected chi connectivity index (χ3v) is 2.96. The first kappa shape index (κ1) is 14.9. The lowest BCUT2D eigenvalue weighted by Crippen LogP contribution is -2.33. The summed E-state index contributed by atoms with van der Waals surface area (Å²) in [6, 6.07) is 11.2. The van der Waals surface area contributed by atoms with Gasteiger partial charge in [-0.15, -0.1) is 6.58 Å². The molecule has 0 aliphatic carbocycles. The fraction of sp³-hybridized carbons (Fsp3) is 0.500. The van der Waals surface area contributed by atoms with E-state index in [0.29, 0.717) is 6.04 Å². The van der Waals surface area contributed by atoms with Gasteiger partial charge in [0, 0.05) is 12.6 Å². The molecule has 2 nitrogen and oxygen atoms in total. The van der Waals surface area contributed by atoms with Crippen molar-refractivity contribution in [3.63, 3.8) is 0 Å². The fourth-order valence-electron chi connectivity index (χ4n) is 1.86. The number of rotatable bonds is 10. The van der Waals surface area contributed by atoms with Gasteiger partial charge in [0.15, 0.2) is 0 Å². The van der Waals surface area contributed by atoms with E-state index in [0.717, 1.165) is 39.0 Å². The Balaban J connectivity index is 2.16. The summed E-state index contributed by atoms with van der Waals surface area (Å²) < 4.78 is 5.49. The van der Waals surface area contributed by atoms with Gasteiger partial charge in [-0.3, -0.25) is 0 Å². The van der Waals surface area contributed by atoms with Crippen LogP contribution in [0.1, 0.15) is 25.3 Å². The van der Waals surface area contributed by atoms with Crippen molar-refractivity contribution in [2.75, 3.05) is 19.8 Å². The maximum Gasteiger partial charge on any atom is 0.0591 e. The minimum Gasteiger partial charge on any atom is -0.380 e. The van der Waals surface area contributed by atoms with Crippen LogP contribution in [0.4, 0.5) is 0 Å². The first-order chi connectivity index (χ1) is 8.86. The highest BCUT2D eigenvalue weighted by Gasteiger charge is 2.05. The molecule has 0 heterocycles. The smallest absolute Gasteiger partial charge is 0.0591 e. The Morgan fingerprint density at radius 2 is 2.06 bits per heavy atom. The first-order valence-electron chi connectivity index (χ1n) is 6.82. The molecule has 1 atom stereocenters. The van der Waals surface area contributed by atoms with Crippen molar-refractivity contribution in [1.29, 1.82) is 0 Å². The summed E-state index contributed by atoms with van der Waals surface area (Å²) in [6.07, 6.45) is 5.05. The van der Waals surface area contributed by atoms with Gasteiger partial charge in [-0.05, 0) is 24.8 Å². The lowest BCUT2D eigenvalue weighted by molar-refractivity contribution is 0.138. The number of hydrogen-bond acceptors (Lipinski definition) is 2. The molecule has 0 bridgehead atoms. The maximum absolute atomic E-state index is 5.49. The second kappa shape index (κ2) is 9.86. The molecule has 100 valence electrons. The van der Waals surface area contributed by atoms with E-state index >= 15 is 0 Å². The summed E-state index contributed by atoms with van der Waals surface area (Å²) >= 11 is 0. The summed E-state index contributed by atoms with van der Waals surface area (Å²) in [5.74, 6) is 0. The van der Waals surface area contributed by atoms with E-state index in [-0.39, 0.29) is 0 Å². The molecule has 0 saturated carbocycles. The number of hydrogen-bond donors (Lipinski definition) is 1. The lowest BCUT2D eigenvalue weighted by atomic mass is 10.0. The number of ether oxygens (including phenoxy) is 1. The average molecular weight is 247 g/mol. The molecule has 0 aromatic heterocycles. The van der Waals surface area contributed by atoms with Crippen LogP contribution >= 0.6 is 0 Å². The third-order valence-electron chi connectivity index (χ3n) is 2.96. The van der Waals surface area contributed by atoms with Crippen LogP contribution in [0.25, 0.3) is 0 Å². The highest BCUT2D eigenvalue weighted by atomic mass is 16.5. The van der Waals surface area contributed by atoms with E-state index in [1.807, 2.05) is 6.08 Å². The van der Waals surface area contributed by atoms with Gasteiger partial charge in [-0.1, -0.05) is 43.3 Å². The van der Waals surface area contributed by atoms with E-state index in [1.165, 1.54) is 5.56 Å². The molecule has 18 heavy (non-hydrogen) atoms. The zero-order valence-electron chi connectivity index (χ0n) is 11.4. The fourth-order valence-corrected chi connectivity index (χ4v) is 1.86. The van der Waals surface area contributed by atoms with Crippen molar-refractivity contribution < 1.29 is 4.74 Å². The number of nitrogens with one attached hydrogen (secondary N) is 1.